The largest absolute Gasteiger partial charge is 0.453 e. The van der Waals surface area contributed by atoms with Crippen molar-refractivity contribution in [3.63, 3.8) is 0 Å². The average molecular weight is 876 g/mol. The molecule has 0 radical (unpaired) electrons. The first-order valence-electron chi connectivity index (χ1n) is 22.2. The number of nitrogens with one attached hydrogen (secondary N) is 4. The molecule has 0 unspecified atom stereocenters. The van der Waals surface area contributed by atoms with Crippen molar-refractivity contribution in [3.05, 3.63) is 77.0 Å². The Bertz CT molecular complexity index is 2480. The number of aromatic amines is 1. The van der Waals surface area contributed by atoms with Crippen LogP contribution in [0, 0.1) is 18.8 Å². The van der Waals surface area contributed by atoms with E-state index in [-0.39, 0.29) is 47.5 Å². The Kier molecular flexibility index (Phi) is 12.4. The van der Waals surface area contributed by atoms with Gasteiger partial charge in [-0.25, -0.2) is 9.97 Å². The van der Waals surface area contributed by atoms with Crippen molar-refractivity contribution in [1.29, 1.82) is 0 Å². The quantitative estimate of drug-likeness (QED) is 0.117. The van der Waals surface area contributed by atoms with Gasteiger partial charge in [0.25, 0.3) is 5.91 Å². The van der Waals surface area contributed by atoms with Crippen LogP contribution < -0.4 is 25.6 Å². The van der Waals surface area contributed by atoms with E-state index in [0.717, 1.165) is 107 Å². The van der Waals surface area contributed by atoms with Crippen LogP contribution in [0.4, 0.5) is 5.69 Å². The number of rotatable bonds is 11. The molecule has 5 aromatic rings. The Hall–Kier alpha value is -5.87. The summed E-state index contributed by atoms with van der Waals surface area (Å²) < 4.78 is 7.93. The van der Waals surface area contributed by atoms with Crippen LogP contribution >= 0.6 is 11.6 Å². The van der Waals surface area contributed by atoms with Gasteiger partial charge in [0.05, 0.1) is 35.3 Å². The van der Waals surface area contributed by atoms with E-state index in [1.807, 2.05) is 26.4 Å². The molecule has 4 N–H and O–H groups in total. The molecule has 17 heteroatoms. The molecule has 9 rings (SSSR count). The molecular formula is C46H54ClN11O5. The number of aryl methyl sites for hydroxylation is 2. The van der Waals surface area contributed by atoms with Crippen molar-refractivity contribution in [2.45, 2.75) is 89.1 Å². The number of carbonyl (C=O) groups excluding carboxylic acids is 4. The molecule has 63 heavy (non-hydrogen) atoms. The number of anilines is 1. The summed E-state index contributed by atoms with van der Waals surface area (Å²) in [5.74, 6) is 1.40. The number of halogens is 1. The molecule has 0 bridgehead atoms. The van der Waals surface area contributed by atoms with Crippen LogP contribution in [0.15, 0.2) is 55.1 Å². The first-order chi connectivity index (χ1) is 30.5. The van der Waals surface area contributed by atoms with Crippen molar-refractivity contribution in [2.75, 3.05) is 37.6 Å². The lowest BCUT2D eigenvalue weighted by atomic mass is 9.89. The van der Waals surface area contributed by atoms with Crippen LogP contribution in [0.5, 0.6) is 11.5 Å². The topological polar surface area (TPSA) is 192 Å². The second-order valence-electron chi connectivity index (χ2n) is 17.7. The maximum absolute atomic E-state index is 13.4. The van der Waals surface area contributed by atoms with Crippen LogP contribution in [0.2, 0.25) is 5.02 Å². The molecule has 7 heterocycles. The number of hydrogen-bond acceptors (Lipinski definition) is 11. The summed E-state index contributed by atoms with van der Waals surface area (Å²) in [6, 6.07) is 9.19. The number of H-pyrrole nitrogens is 1. The Morgan fingerprint density at radius 1 is 0.905 bits per heavy atom. The lowest BCUT2D eigenvalue weighted by Gasteiger charge is -2.38. The highest BCUT2D eigenvalue weighted by atomic mass is 35.5. The summed E-state index contributed by atoms with van der Waals surface area (Å²) in [5, 5.41) is 13.7. The first kappa shape index (κ1) is 42.4. The molecule has 0 spiro atoms. The minimum atomic E-state index is -0.331. The van der Waals surface area contributed by atoms with Crippen molar-refractivity contribution in [1.82, 2.24) is 50.6 Å². The number of aromatic nitrogens is 6. The summed E-state index contributed by atoms with van der Waals surface area (Å²) in [5.41, 5.74) is 5.15. The first-order valence-corrected chi connectivity index (χ1v) is 22.6. The molecule has 4 aromatic heterocycles. The number of likely N-dealkylation sites (tertiary alicyclic amines) is 1. The van der Waals surface area contributed by atoms with Crippen LogP contribution in [0.1, 0.15) is 91.7 Å². The van der Waals surface area contributed by atoms with E-state index in [0.29, 0.717) is 57.8 Å². The second-order valence-corrected chi connectivity index (χ2v) is 18.1. The monoisotopic (exact) mass is 875 g/mol. The van der Waals surface area contributed by atoms with Crippen LogP contribution in [0.25, 0.3) is 22.6 Å². The predicted octanol–water partition coefficient (Wildman–Crippen LogP) is 5.81. The fraction of sp³-hybridized carbons (Fsp3) is 0.478. The number of pyridine rings is 2. The standard InChI is InChI=1S/C46H54ClN11O5/c1-27-37(26-56(2)55-27)42-53-40-41(38(47)24-49-43(40)54-42)63-35-9-3-29(4-10-35)44(60)50-32-5-7-33(8-6-32)51-45(61)30-15-17-57(18-16-30)25-28-13-19-58(20-14-28)34-21-31(22-48-23-34)36-11-12-39(59)52-46(36)62/h3-4,9-10,21-24,26,28,30,32-33,36H,5-8,11-20,25H2,1-2H3,(H,50,60)(H,51,61)(H,49,53,54)(H,52,59,62)/t32?,33?,36-/m0/s1. The van der Waals surface area contributed by atoms with E-state index in [1.54, 1.807) is 35.1 Å². The van der Waals surface area contributed by atoms with Gasteiger partial charge < -0.3 is 30.2 Å². The molecule has 3 aliphatic heterocycles. The minimum absolute atomic E-state index is 0.0327. The number of piperidine rings is 3. The third-order valence-corrected chi connectivity index (χ3v) is 13.6. The fourth-order valence-electron chi connectivity index (χ4n) is 9.67. The van der Waals surface area contributed by atoms with Crippen molar-refractivity contribution in [3.8, 4) is 22.9 Å². The maximum Gasteiger partial charge on any atom is 0.251 e. The van der Waals surface area contributed by atoms with Gasteiger partial charge in [-0.05, 0) is 120 Å². The zero-order valence-electron chi connectivity index (χ0n) is 35.7. The molecule has 4 aliphatic rings. The molecule has 1 aromatic carbocycles. The van der Waals surface area contributed by atoms with Gasteiger partial charge in [-0.3, -0.25) is 34.2 Å². The Balaban J connectivity index is 0.681. The van der Waals surface area contributed by atoms with Crippen LogP contribution in [-0.4, -0.2) is 103 Å². The molecule has 4 fully saturated rings. The van der Waals surface area contributed by atoms with Crippen molar-refractivity contribution in [2.24, 2.45) is 18.9 Å². The molecule has 330 valence electrons. The molecule has 1 saturated carbocycles. The van der Waals surface area contributed by atoms with Crippen LogP contribution in [0.3, 0.4) is 0 Å². The summed E-state index contributed by atoms with van der Waals surface area (Å²) in [7, 11) is 1.86. The third kappa shape index (κ3) is 9.71. The highest BCUT2D eigenvalue weighted by Gasteiger charge is 2.32. The Labute approximate surface area is 370 Å². The predicted molar refractivity (Wildman–Crippen MR) is 237 cm³/mol. The third-order valence-electron chi connectivity index (χ3n) is 13.3. The highest BCUT2D eigenvalue weighted by Crippen LogP contribution is 2.37. The van der Waals surface area contributed by atoms with Gasteiger partial charge in [0.1, 0.15) is 22.1 Å². The number of imide groups is 1. The van der Waals surface area contributed by atoms with Gasteiger partial charge in [-0.1, -0.05) is 11.6 Å². The summed E-state index contributed by atoms with van der Waals surface area (Å²) in [6.45, 7) is 6.71. The van der Waals surface area contributed by atoms with Gasteiger partial charge in [-0.15, -0.1) is 0 Å². The van der Waals surface area contributed by atoms with E-state index < -0.39 is 0 Å². The number of ether oxygens (including phenoxy) is 1. The van der Waals surface area contributed by atoms with Gasteiger partial charge >= 0.3 is 0 Å². The zero-order valence-corrected chi connectivity index (χ0v) is 36.5. The summed E-state index contributed by atoms with van der Waals surface area (Å²) in [6.07, 6.45) is 15.1. The molecule has 1 aliphatic carbocycles. The molecule has 4 amide bonds. The summed E-state index contributed by atoms with van der Waals surface area (Å²) >= 11 is 6.53. The molecular weight excluding hydrogens is 822 g/mol. The smallest absolute Gasteiger partial charge is 0.251 e. The van der Waals surface area contributed by atoms with E-state index in [2.05, 4.69) is 56.9 Å². The van der Waals surface area contributed by atoms with E-state index >= 15 is 0 Å². The number of amides is 4. The molecule has 1 atom stereocenters. The van der Waals surface area contributed by atoms with E-state index in [1.165, 1.54) is 6.20 Å². The van der Waals surface area contributed by atoms with Gasteiger partial charge in [0, 0.05) is 69.1 Å². The number of hydrogen-bond donors (Lipinski definition) is 4. The summed E-state index contributed by atoms with van der Waals surface area (Å²) in [4.78, 5) is 72.2. The number of nitrogens with zero attached hydrogens (tertiary/aromatic N) is 7. The number of imidazole rings is 1. The molecule has 16 nitrogen and oxygen atoms in total. The fourth-order valence-corrected chi connectivity index (χ4v) is 9.85. The maximum atomic E-state index is 13.4. The number of carbonyl (C=O) groups is 4. The number of fused-ring (bicyclic) bond motifs is 1. The normalized spacial score (nSPS) is 21.6. The number of benzene rings is 1. The van der Waals surface area contributed by atoms with Gasteiger partial charge in [0.15, 0.2) is 11.4 Å². The average Bonchev–Trinajstić information content (AvgIpc) is 3.88. The lowest BCUT2D eigenvalue weighted by molar-refractivity contribution is -0.134. The minimum Gasteiger partial charge on any atom is -0.453 e. The van der Waals surface area contributed by atoms with Crippen LogP contribution in [-0.2, 0) is 21.4 Å². The van der Waals surface area contributed by atoms with E-state index in [9.17, 15) is 19.2 Å². The van der Waals surface area contributed by atoms with Crippen molar-refractivity contribution < 1.29 is 23.9 Å². The SMILES string of the molecule is Cc1nn(C)cc1-c1nc2ncc(Cl)c(Oc3ccc(C(=O)NC4CCC(NC(=O)C5CCN(CC6CCN(c7cncc([C@@H]8CCC(=O)NC8=O)c7)CC6)CC5)CC4)cc3)c2[nH]1. The van der Waals surface area contributed by atoms with E-state index in [4.69, 9.17) is 16.3 Å². The Morgan fingerprint density at radius 2 is 1.63 bits per heavy atom. The van der Waals surface area contributed by atoms with Gasteiger partial charge in [-0.2, -0.15) is 5.10 Å². The van der Waals surface area contributed by atoms with Crippen molar-refractivity contribution >= 4 is 52.1 Å². The highest BCUT2D eigenvalue weighted by molar-refractivity contribution is 6.32. The lowest BCUT2D eigenvalue weighted by Crippen LogP contribution is -2.48. The molecule has 3 saturated heterocycles. The van der Waals surface area contributed by atoms with Gasteiger partial charge in [0.2, 0.25) is 17.7 Å². The second kappa shape index (κ2) is 18.5. The zero-order chi connectivity index (χ0) is 43.6. The Morgan fingerprint density at radius 3 is 2.33 bits per heavy atom.